The predicted octanol–water partition coefficient (Wildman–Crippen LogP) is 1.26. The summed E-state index contributed by atoms with van der Waals surface area (Å²) in [4.78, 5) is 11.5. The molecule has 1 heterocycles. The maximum atomic E-state index is 11.5. The van der Waals surface area contributed by atoms with E-state index < -0.39 is 5.60 Å². The number of hydrogen-bond acceptors (Lipinski definition) is 3. The molecule has 2 fully saturated rings. The highest BCUT2D eigenvalue weighted by molar-refractivity contribution is 5.68. The van der Waals surface area contributed by atoms with Crippen LogP contribution >= 0.6 is 0 Å². The summed E-state index contributed by atoms with van der Waals surface area (Å²) in [5.74, 6) is 0.623. The number of carbonyl (C=O) groups is 1. The van der Waals surface area contributed by atoms with E-state index in [1.807, 2.05) is 20.8 Å². The first-order valence-electron chi connectivity index (χ1n) is 5.68. The van der Waals surface area contributed by atoms with Gasteiger partial charge in [0.1, 0.15) is 5.60 Å². The van der Waals surface area contributed by atoms with Gasteiger partial charge in [-0.1, -0.05) is 0 Å². The van der Waals surface area contributed by atoms with Gasteiger partial charge >= 0.3 is 6.09 Å². The van der Waals surface area contributed by atoms with Gasteiger partial charge in [0, 0.05) is 12.1 Å². The number of amides is 1. The summed E-state index contributed by atoms with van der Waals surface area (Å²) in [6.07, 6.45) is 1.94. The van der Waals surface area contributed by atoms with Gasteiger partial charge in [-0.25, -0.2) is 4.79 Å². The molecule has 15 heavy (non-hydrogen) atoms. The van der Waals surface area contributed by atoms with E-state index in [1.165, 1.54) is 6.42 Å². The van der Waals surface area contributed by atoms with Gasteiger partial charge in [0.2, 0.25) is 0 Å². The highest BCUT2D eigenvalue weighted by Crippen LogP contribution is 2.34. The van der Waals surface area contributed by atoms with Gasteiger partial charge in [0.25, 0.3) is 0 Å². The highest BCUT2D eigenvalue weighted by Gasteiger charge is 2.44. The van der Waals surface area contributed by atoms with E-state index in [2.05, 4.69) is 10.6 Å². The van der Waals surface area contributed by atoms with Gasteiger partial charge in [-0.3, -0.25) is 0 Å². The zero-order valence-corrected chi connectivity index (χ0v) is 9.67. The van der Waals surface area contributed by atoms with Crippen LogP contribution < -0.4 is 10.6 Å². The minimum Gasteiger partial charge on any atom is -0.444 e. The molecule has 1 aliphatic carbocycles. The molecule has 2 rings (SSSR count). The molecule has 1 amide bonds. The molecular formula is C11H20N2O2. The SMILES string of the molecule is CC(C)(C)OC(=O)N[C@H]1C[C@H]2NCC[C@@H]12. The Morgan fingerprint density at radius 2 is 2.20 bits per heavy atom. The van der Waals surface area contributed by atoms with E-state index in [9.17, 15) is 4.79 Å². The van der Waals surface area contributed by atoms with Crippen molar-refractivity contribution >= 4 is 6.09 Å². The van der Waals surface area contributed by atoms with Crippen molar-refractivity contribution in [3.05, 3.63) is 0 Å². The van der Waals surface area contributed by atoms with Crippen LogP contribution in [0.25, 0.3) is 0 Å². The molecule has 0 unspecified atom stereocenters. The molecule has 0 bridgehead atoms. The fraction of sp³-hybridized carbons (Fsp3) is 0.909. The third kappa shape index (κ3) is 2.43. The highest BCUT2D eigenvalue weighted by atomic mass is 16.6. The van der Waals surface area contributed by atoms with Gasteiger partial charge in [-0.05, 0) is 46.1 Å². The van der Waals surface area contributed by atoms with Gasteiger partial charge in [-0.2, -0.15) is 0 Å². The molecule has 2 aliphatic rings. The molecule has 3 atom stereocenters. The lowest BCUT2D eigenvalue weighted by Crippen LogP contribution is -2.56. The summed E-state index contributed by atoms with van der Waals surface area (Å²) in [6.45, 7) is 6.73. The van der Waals surface area contributed by atoms with Crippen molar-refractivity contribution in [2.75, 3.05) is 6.54 Å². The standard InChI is InChI=1S/C11H20N2O2/c1-11(2,3)15-10(14)13-9-6-8-7(9)4-5-12-8/h7-9,12H,4-6H2,1-3H3,(H,13,14)/t7-,8-,9+/m1/s1. The van der Waals surface area contributed by atoms with E-state index >= 15 is 0 Å². The third-order valence-corrected chi connectivity index (χ3v) is 3.13. The van der Waals surface area contributed by atoms with Crippen LogP contribution in [0.2, 0.25) is 0 Å². The third-order valence-electron chi connectivity index (χ3n) is 3.13. The van der Waals surface area contributed by atoms with E-state index in [0.29, 0.717) is 18.0 Å². The van der Waals surface area contributed by atoms with Crippen LogP contribution in [-0.2, 0) is 4.74 Å². The first-order valence-corrected chi connectivity index (χ1v) is 5.68. The van der Waals surface area contributed by atoms with Crippen LogP contribution in [0.5, 0.6) is 0 Å². The minimum atomic E-state index is -0.402. The zero-order valence-electron chi connectivity index (χ0n) is 9.67. The Morgan fingerprint density at radius 3 is 2.80 bits per heavy atom. The Kier molecular flexibility index (Phi) is 2.63. The summed E-state index contributed by atoms with van der Waals surface area (Å²) < 4.78 is 5.22. The van der Waals surface area contributed by atoms with Crippen molar-refractivity contribution in [2.24, 2.45) is 5.92 Å². The van der Waals surface area contributed by atoms with E-state index in [0.717, 1.165) is 13.0 Å². The van der Waals surface area contributed by atoms with Crippen molar-refractivity contribution in [1.82, 2.24) is 10.6 Å². The molecule has 1 saturated heterocycles. The Balaban J connectivity index is 1.76. The maximum Gasteiger partial charge on any atom is 0.407 e. The summed E-state index contributed by atoms with van der Waals surface area (Å²) in [5, 5.41) is 6.36. The monoisotopic (exact) mass is 212 g/mol. The molecule has 0 spiro atoms. The Labute approximate surface area is 90.8 Å². The van der Waals surface area contributed by atoms with E-state index in [4.69, 9.17) is 4.74 Å². The van der Waals surface area contributed by atoms with Gasteiger partial charge < -0.3 is 15.4 Å². The molecule has 86 valence electrons. The summed E-state index contributed by atoms with van der Waals surface area (Å²) in [6, 6.07) is 0.949. The smallest absolute Gasteiger partial charge is 0.407 e. The van der Waals surface area contributed by atoms with Crippen LogP contribution in [0.15, 0.2) is 0 Å². The lowest BCUT2D eigenvalue weighted by Gasteiger charge is -2.40. The second-order valence-electron chi connectivity index (χ2n) is 5.50. The van der Waals surface area contributed by atoms with E-state index in [-0.39, 0.29) is 6.09 Å². The zero-order chi connectivity index (χ0) is 11.1. The van der Waals surface area contributed by atoms with Crippen LogP contribution in [0.3, 0.4) is 0 Å². The number of hydrogen-bond donors (Lipinski definition) is 2. The van der Waals surface area contributed by atoms with Crippen molar-refractivity contribution < 1.29 is 9.53 Å². The Hall–Kier alpha value is -0.770. The first-order chi connectivity index (χ1) is 6.96. The van der Waals surface area contributed by atoms with Crippen molar-refractivity contribution in [2.45, 2.75) is 51.3 Å². The van der Waals surface area contributed by atoms with Crippen LogP contribution in [0.1, 0.15) is 33.6 Å². The average Bonchev–Trinajstić information content (AvgIpc) is 2.39. The number of carbonyl (C=O) groups excluding carboxylic acids is 1. The van der Waals surface area contributed by atoms with Crippen molar-refractivity contribution in [1.29, 1.82) is 0 Å². The molecule has 0 aromatic rings. The molecule has 2 N–H and O–H groups in total. The minimum absolute atomic E-state index is 0.280. The lowest BCUT2D eigenvalue weighted by molar-refractivity contribution is 0.0425. The number of rotatable bonds is 1. The van der Waals surface area contributed by atoms with Gasteiger partial charge in [-0.15, -0.1) is 0 Å². The molecule has 0 aromatic carbocycles. The number of nitrogens with one attached hydrogen (secondary N) is 2. The van der Waals surface area contributed by atoms with Crippen LogP contribution in [0, 0.1) is 5.92 Å². The number of fused-ring (bicyclic) bond motifs is 1. The molecule has 4 heteroatoms. The largest absolute Gasteiger partial charge is 0.444 e. The van der Waals surface area contributed by atoms with Gasteiger partial charge in [0.05, 0.1) is 0 Å². The summed E-state index contributed by atoms with van der Waals surface area (Å²) in [7, 11) is 0. The first kappa shape index (κ1) is 10.7. The number of ether oxygens (including phenoxy) is 1. The molecule has 0 radical (unpaired) electrons. The average molecular weight is 212 g/mol. The molecular weight excluding hydrogens is 192 g/mol. The van der Waals surface area contributed by atoms with E-state index in [1.54, 1.807) is 0 Å². The molecule has 4 nitrogen and oxygen atoms in total. The predicted molar refractivity (Wildman–Crippen MR) is 57.7 cm³/mol. The molecule has 1 aliphatic heterocycles. The normalized spacial score (nSPS) is 34.2. The summed E-state index contributed by atoms with van der Waals surface area (Å²) >= 11 is 0. The van der Waals surface area contributed by atoms with Gasteiger partial charge in [0.15, 0.2) is 0 Å². The Bertz CT molecular complexity index is 260. The number of alkyl carbamates (subject to hydrolysis) is 1. The second-order valence-corrected chi connectivity index (χ2v) is 5.50. The molecule has 1 saturated carbocycles. The van der Waals surface area contributed by atoms with Crippen molar-refractivity contribution in [3.8, 4) is 0 Å². The fourth-order valence-electron chi connectivity index (χ4n) is 2.41. The fourth-order valence-corrected chi connectivity index (χ4v) is 2.41. The maximum absolute atomic E-state index is 11.5. The molecule has 0 aromatic heterocycles. The Morgan fingerprint density at radius 1 is 1.47 bits per heavy atom. The van der Waals surface area contributed by atoms with Crippen LogP contribution in [0.4, 0.5) is 4.79 Å². The van der Waals surface area contributed by atoms with Crippen LogP contribution in [-0.4, -0.2) is 30.3 Å². The topological polar surface area (TPSA) is 50.4 Å². The quantitative estimate of drug-likeness (QED) is 0.688. The second kappa shape index (κ2) is 3.67. The van der Waals surface area contributed by atoms with Crippen molar-refractivity contribution in [3.63, 3.8) is 0 Å². The summed E-state index contributed by atoms with van der Waals surface area (Å²) in [5.41, 5.74) is -0.402. The lowest BCUT2D eigenvalue weighted by atomic mass is 9.75.